The van der Waals surface area contributed by atoms with E-state index in [1.54, 1.807) is 12.1 Å². The largest absolute Gasteiger partial charge is 0.446 e. The average molecular weight is 262 g/mol. The second kappa shape index (κ2) is 6.34. The van der Waals surface area contributed by atoms with Crippen LogP contribution in [0, 0.1) is 5.92 Å². The maximum atomic E-state index is 12.2. The molecular weight excluding hydrogens is 245 g/mol. The van der Waals surface area contributed by atoms with Gasteiger partial charge in [-0.3, -0.25) is 0 Å². The molecule has 0 nitrogen and oxygen atoms in total. The van der Waals surface area contributed by atoms with E-state index in [0.29, 0.717) is 5.92 Å². The molecule has 17 heavy (non-hydrogen) atoms. The number of hydrogen-bond donors (Lipinski definition) is 0. The molecule has 0 saturated carbocycles. The molecule has 0 atom stereocenters. The van der Waals surface area contributed by atoms with Gasteiger partial charge in [-0.05, 0) is 41.8 Å². The Morgan fingerprint density at radius 1 is 1.18 bits per heavy atom. The van der Waals surface area contributed by atoms with Gasteiger partial charge in [0.05, 0.1) is 0 Å². The first-order valence-electron chi connectivity index (χ1n) is 5.79. The standard InChI is InChI=1S/C13H17F3S/c1-3-10(4-2)8-11-6-5-7-12(9-11)17-13(14,15)16/h5-7,9-10H,3-4,8H2,1-2H3. The Balaban J connectivity index is 2.72. The number of hydrogen-bond acceptors (Lipinski definition) is 1. The summed E-state index contributed by atoms with van der Waals surface area (Å²) in [6, 6.07) is 6.76. The van der Waals surface area contributed by atoms with Crippen molar-refractivity contribution in [1.29, 1.82) is 0 Å². The van der Waals surface area contributed by atoms with Gasteiger partial charge in [0.2, 0.25) is 0 Å². The Morgan fingerprint density at radius 3 is 2.35 bits per heavy atom. The van der Waals surface area contributed by atoms with Gasteiger partial charge in [-0.15, -0.1) is 0 Å². The zero-order chi connectivity index (χ0) is 12.9. The third-order valence-electron chi connectivity index (χ3n) is 2.81. The highest BCUT2D eigenvalue weighted by atomic mass is 32.2. The molecule has 0 unspecified atom stereocenters. The summed E-state index contributed by atoms with van der Waals surface area (Å²) >= 11 is -0.0428. The lowest BCUT2D eigenvalue weighted by Crippen LogP contribution is -2.02. The third kappa shape index (κ3) is 5.48. The Bertz CT molecular complexity index is 343. The minimum Gasteiger partial charge on any atom is -0.160 e. The summed E-state index contributed by atoms with van der Waals surface area (Å²) in [7, 11) is 0. The fourth-order valence-corrected chi connectivity index (χ4v) is 2.40. The van der Waals surface area contributed by atoms with Gasteiger partial charge in [0.25, 0.3) is 0 Å². The van der Waals surface area contributed by atoms with Gasteiger partial charge in [-0.25, -0.2) is 0 Å². The van der Waals surface area contributed by atoms with Crippen molar-refractivity contribution >= 4 is 11.8 Å². The highest BCUT2D eigenvalue weighted by molar-refractivity contribution is 8.00. The molecule has 0 radical (unpaired) electrons. The van der Waals surface area contributed by atoms with Gasteiger partial charge < -0.3 is 0 Å². The van der Waals surface area contributed by atoms with Crippen LogP contribution in [0.1, 0.15) is 32.3 Å². The fourth-order valence-electron chi connectivity index (χ4n) is 1.78. The van der Waals surface area contributed by atoms with E-state index in [4.69, 9.17) is 0 Å². The summed E-state index contributed by atoms with van der Waals surface area (Å²) in [4.78, 5) is 0.279. The predicted molar refractivity (Wildman–Crippen MR) is 66.1 cm³/mol. The van der Waals surface area contributed by atoms with Crippen LogP contribution in [-0.2, 0) is 6.42 Å². The summed E-state index contributed by atoms with van der Waals surface area (Å²) in [6.07, 6.45) is 2.99. The maximum Gasteiger partial charge on any atom is 0.446 e. The topological polar surface area (TPSA) is 0 Å². The van der Waals surface area contributed by atoms with Crippen LogP contribution >= 0.6 is 11.8 Å². The van der Waals surface area contributed by atoms with Crippen LogP contribution < -0.4 is 0 Å². The van der Waals surface area contributed by atoms with E-state index in [2.05, 4.69) is 13.8 Å². The van der Waals surface area contributed by atoms with Crippen LogP contribution in [0.5, 0.6) is 0 Å². The molecule has 0 fully saturated rings. The molecule has 96 valence electrons. The van der Waals surface area contributed by atoms with Crippen molar-refractivity contribution in [3.8, 4) is 0 Å². The number of rotatable bonds is 5. The second-order valence-electron chi connectivity index (χ2n) is 4.08. The summed E-state index contributed by atoms with van der Waals surface area (Å²) in [5.41, 5.74) is -3.21. The molecule has 0 aliphatic rings. The van der Waals surface area contributed by atoms with E-state index < -0.39 is 5.51 Å². The van der Waals surface area contributed by atoms with Crippen molar-refractivity contribution in [2.24, 2.45) is 5.92 Å². The van der Waals surface area contributed by atoms with Crippen molar-refractivity contribution in [1.82, 2.24) is 0 Å². The van der Waals surface area contributed by atoms with E-state index in [1.165, 1.54) is 6.07 Å². The number of thioether (sulfide) groups is 1. The number of halogens is 3. The van der Waals surface area contributed by atoms with Crippen molar-refractivity contribution in [3.05, 3.63) is 29.8 Å². The normalized spacial score (nSPS) is 12.1. The first-order chi connectivity index (χ1) is 7.94. The Kier molecular flexibility index (Phi) is 5.37. The number of alkyl halides is 3. The van der Waals surface area contributed by atoms with Gasteiger partial charge in [0, 0.05) is 4.90 Å². The lowest BCUT2D eigenvalue weighted by molar-refractivity contribution is -0.0328. The van der Waals surface area contributed by atoms with Gasteiger partial charge >= 0.3 is 5.51 Å². The lowest BCUT2D eigenvalue weighted by atomic mass is 9.95. The van der Waals surface area contributed by atoms with Gasteiger partial charge in [0.1, 0.15) is 0 Å². The molecule has 1 aromatic carbocycles. The quantitative estimate of drug-likeness (QED) is 0.651. The van der Waals surface area contributed by atoms with E-state index >= 15 is 0 Å². The lowest BCUT2D eigenvalue weighted by Gasteiger charge is -2.13. The molecule has 0 amide bonds. The van der Waals surface area contributed by atoms with E-state index in [-0.39, 0.29) is 16.7 Å². The summed E-state index contributed by atoms with van der Waals surface area (Å²) in [5, 5.41) is 0. The molecule has 0 bridgehead atoms. The molecule has 0 aliphatic carbocycles. The Morgan fingerprint density at radius 2 is 1.82 bits per heavy atom. The summed E-state index contributed by atoms with van der Waals surface area (Å²) in [6.45, 7) is 4.23. The minimum absolute atomic E-state index is 0.0428. The first-order valence-corrected chi connectivity index (χ1v) is 6.61. The molecule has 1 rings (SSSR count). The zero-order valence-corrected chi connectivity index (χ0v) is 10.9. The van der Waals surface area contributed by atoms with Crippen LogP contribution in [0.2, 0.25) is 0 Å². The average Bonchev–Trinajstić information content (AvgIpc) is 2.24. The number of benzene rings is 1. The summed E-state index contributed by atoms with van der Waals surface area (Å²) in [5.74, 6) is 0.557. The highest BCUT2D eigenvalue weighted by Crippen LogP contribution is 2.37. The van der Waals surface area contributed by atoms with E-state index in [1.807, 2.05) is 6.07 Å². The second-order valence-corrected chi connectivity index (χ2v) is 5.22. The van der Waals surface area contributed by atoms with Gasteiger partial charge in [-0.1, -0.05) is 38.8 Å². The molecule has 1 aromatic rings. The molecule has 4 heteroatoms. The zero-order valence-electron chi connectivity index (χ0n) is 10.1. The van der Waals surface area contributed by atoms with Crippen LogP contribution in [0.15, 0.2) is 29.2 Å². The monoisotopic (exact) mass is 262 g/mol. The Labute approximate surface area is 105 Å². The minimum atomic E-state index is -4.20. The summed E-state index contributed by atoms with van der Waals surface area (Å²) < 4.78 is 36.7. The molecule has 0 spiro atoms. The first kappa shape index (κ1) is 14.4. The van der Waals surface area contributed by atoms with Crippen molar-refractivity contribution in [2.45, 2.75) is 43.5 Å². The molecule has 0 aromatic heterocycles. The molecule has 0 saturated heterocycles. The van der Waals surface area contributed by atoms with Crippen LogP contribution in [-0.4, -0.2) is 5.51 Å². The van der Waals surface area contributed by atoms with Crippen LogP contribution in [0.4, 0.5) is 13.2 Å². The molecule has 0 heterocycles. The van der Waals surface area contributed by atoms with Crippen molar-refractivity contribution in [2.75, 3.05) is 0 Å². The van der Waals surface area contributed by atoms with E-state index in [0.717, 1.165) is 24.8 Å². The smallest absolute Gasteiger partial charge is 0.160 e. The maximum absolute atomic E-state index is 12.2. The third-order valence-corrected chi connectivity index (χ3v) is 3.53. The van der Waals surface area contributed by atoms with Crippen molar-refractivity contribution < 1.29 is 13.2 Å². The predicted octanol–water partition coefficient (Wildman–Crippen LogP) is 5.28. The van der Waals surface area contributed by atoms with Gasteiger partial charge in [0.15, 0.2) is 0 Å². The van der Waals surface area contributed by atoms with Crippen LogP contribution in [0.3, 0.4) is 0 Å². The molecule has 0 N–H and O–H groups in total. The van der Waals surface area contributed by atoms with E-state index in [9.17, 15) is 13.2 Å². The SMILES string of the molecule is CCC(CC)Cc1cccc(SC(F)(F)F)c1. The highest BCUT2D eigenvalue weighted by Gasteiger charge is 2.29. The Hall–Kier alpha value is -0.640. The molecule has 0 aliphatic heterocycles. The van der Waals surface area contributed by atoms with Gasteiger partial charge in [-0.2, -0.15) is 13.2 Å². The fraction of sp³-hybridized carbons (Fsp3) is 0.538. The molecular formula is C13H17F3S. The van der Waals surface area contributed by atoms with Crippen LogP contribution in [0.25, 0.3) is 0 Å². The van der Waals surface area contributed by atoms with Crippen molar-refractivity contribution in [3.63, 3.8) is 0 Å².